The van der Waals surface area contributed by atoms with Crippen LogP contribution >= 0.6 is 0 Å². The molecule has 0 spiro atoms. The fourth-order valence-corrected chi connectivity index (χ4v) is 6.27. The van der Waals surface area contributed by atoms with E-state index in [-0.39, 0.29) is 5.91 Å². The van der Waals surface area contributed by atoms with E-state index in [2.05, 4.69) is 31.3 Å². The normalized spacial score (nSPS) is 13.5. The number of nitrogens with one attached hydrogen (secondary N) is 1. The van der Waals surface area contributed by atoms with E-state index in [0.29, 0.717) is 12.8 Å². The van der Waals surface area contributed by atoms with E-state index in [0.717, 1.165) is 51.4 Å². The van der Waals surface area contributed by atoms with Crippen molar-refractivity contribution in [1.82, 2.24) is 5.32 Å². The van der Waals surface area contributed by atoms with Gasteiger partial charge in [0.05, 0.1) is 17.9 Å². The molecule has 6 nitrogen and oxygen atoms in total. The van der Waals surface area contributed by atoms with Crippen LogP contribution in [0.2, 0.25) is 0 Å². The summed E-state index contributed by atoms with van der Waals surface area (Å²) in [6, 6.07) is -0.969. The number of unbranched alkanes of at least 4 members (excludes halogenated alkanes) is 22. The molecule has 0 saturated carbocycles. The van der Waals surface area contributed by atoms with Crippen LogP contribution in [0.1, 0.15) is 187 Å². The molecule has 0 radical (unpaired) electrons. The van der Waals surface area contributed by atoms with Crippen LogP contribution in [0.3, 0.4) is 0 Å². The second-order valence-electron chi connectivity index (χ2n) is 12.5. The Balaban J connectivity index is 3.93. The molecule has 0 aromatic heterocycles. The Labute approximate surface area is 261 Å². The van der Waals surface area contributed by atoms with Crippen molar-refractivity contribution < 1.29 is 22.9 Å². The summed E-state index contributed by atoms with van der Waals surface area (Å²) < 4.78 is 32.4. The van der Waals surface area contributed by atoms with Gasteiger partial charge in [0.15, 0.2) is 0 Å². The number of hydrogen-bond acceptors (Lipinski definition) is 4. The summed E-state index contributed by atoms with van der Waals surface area (Å²) >= 11 is 0. The van der Waals surface area contributed by atoms with E-state index < -0.39 is 28.0 Å². The lowest BCUT2D eigenvalue weighted by Crippen LogP contribution is -2.47. The van der Waals surface area contributed by atoms with Crippen LogP contribution in [0.25, 0.3) is 0 Å². The summed E-state index contributed by atoms with van der Waals surface area (Å²) in [4.78, 5) is 12.4. The molecule has 0 rings (SSSR count). The number of allylic oxidation sites excluding steroid dienone is 2. The highest BCUT2D eigenvalue weighted by Crippen LogP contribution is 2.15. The zero-order valence-corrected chi connectivity index (χ0v) is 28.5. The fourth-order valence-electron chi connectivity index (χ4n) is 5.51. The Morgan fingerprint density at radius 2 is 1.00 bits per heavy atom. The van der Waals surface area contributed by atoms with E-state index in [1.54, 1.807) is 0 Å². The molecule has 1 amide bonds. The topological polar surface area (TPSA) is 104 Å². The van der Waals surface area contributed by atoms with Crippen molar-refractivity contribution in [3.63, 3.8) is 0 Å². The average molecular weight is 616 g/mol. The molecule has 0 aromatic carbocycles. The van der Waals surface area contributed by atoms with Gasteiger partial charge in [-0.1, -0.05) is 154 Å². The molecule has 250 valence electrons. The van der Waals surface area contributed by atoms with Crippen LogP contribution in [0.15, 0.2) is 12.2 Å². The maximum Gasteiger partial charge on any atom is 0.266 e. The minimum absolute atomic E-state index is 0.255. The Bertz CT molecular complexity index is 725. The number of carbonyl (C=O) groups is 1. The lowest BCUT2D eigenvalue weighted by molar-refractivity contribution is -0.122. The number of carbonyl (C=O) groups excluding carboxylic acids is 1. The maximum atomic E-state index is 12.4. The van der Waals surface area contributed by atoms with E-state index in [1.165, 1.54) is 109 Å². The van der Waals surface area contributed by atoms with E-state index in [1.807, 2.05) is 0 Å². The number of rotatable bonds is 32. The fraction of sp³-hybridized carbons (Fsp3) is 0.914. The quantitative estimate of drug-likeness (QED) is 0.0397. The van der Waals surface area contributed by atoms with Gasteiger partial charge in [0.25, 0.3) is 10.1 Å². The summed E-state index contributed by atoms with van der Waals surface area (Å²) in [5.74, 6) is -0.904. The first kappa shape index (κ1) is 41.1. The van der Waals surface area contributed by atoms with Crippen molar-refractivity contribution in [2.24, 2.45) is 0 Å². The molecule has 42 heavy (non-hydrogen) atoms. The predicted octanol–water partition coefficient (Wildman–Crippen LogP) is 9.85. The van der Waals surface area contributed by atoms with E-state index >= 15 is 0 Å². The highest BCUT2D eigenvalue weighted by atomic mass is 32.2. The average Bonchev–Trinajstić information content (AvgIpc) is 2.94. The lowest BCUT2D eigenvalue weighted by Gasteiger charge is -2.23. The van der Waals surface area contributed by atoms with Crippen LogP contribution < -0.4 is 5.32 Å². The summed E-state index contributed by atoms with van der Waals surface area (Å²) in [5, 5.41) is 13.3. The van der Waals surface area contributed by atoms with Gasteiger partial charge in [0.1, 0.15) is 0 Å². The first-order chi connectivity index (χ1) is 20.3. The second-order valence-corrected chi connectivity index (χ2v) is 14.0. The molecule has 2 atom stereocenters. The third kappa shape index (κ3) is 30.5. The number of amides is 1. The van der Waals surface area contributed by atoms with Crippen LogP contribution in [0, 0.1) is 0 Å². The Kier molecular flexibility index (Phi) is 29.5. The summed E-state index contributed by atoms with van der Waals surface area (Å²) in [6.07, 6.45) is 34.4. The van der Waals surface area contributed by atoms with E-state index in [9.17, 15) is 22.9 Å². The highest BCUT2D eigenvalue weighted by Gasteiger charge is 2.26. The van der Waals surface area contributed by atoms with E-state index in [4.69, 9.17) is 0 Å². The molecule has 0 heterocycles. The molecule has 0 aliphatic carbocycles. The van der Waals surface area contributed by atoms with Crippen LogP contribution in [-0.2, 0) is 14.9 Å². The largest absolute Gasteiger partial charge is 0.391 e. The van der Waals surface area contributed by atoms with Crippen molar-refractivity contribution >= 4 is 16.0 Å². The number of aliphatic hydroxyl groups excluding tert-OH is 1. The van der Waals surface area contributed by atoms with Crippen LogP contribution in [-0.4, -0.2) is 41.9 Å². The first-order valence-electron chi connectivity index (χ1n) is 17.9. The highest BCUT2D eigenvalue weighted by molar-refractivity contribution is 7.85. The van der Waals surface area contributed by atoms with Gasteiger partial charge in [-0.25, -0.2) is 0 Å². The van der Waals surface area contributed by atoms with Gasteiger partial charge in [-0.3, -0.25) is 9.35 Å². The molecule has 0 fully saturated rings. The van der Waals surface area contributed by atoms with Gasteiger partial charge in [0, 0.05) is 6.42 Å². The Morgan fingerprint density at radius 3 is 1.48 bits per heavy atom. The lowest BCUT2D eigenvalue weighted by atomic mass is 10.0. The van der Waals surface area contributed by atoms with Crippen LogP contribution in [0.4, 0.5) is 0 Å². The summed E-state index contributed by atoms with van der Waals surface area (Å²) in [6.45, 7) is 4.48. The van der Waals surface area contributed by atoms with Crippen molar-refractivity contribution in [2.75, 3.05) is 5.75 Å². The minimum Gasteiger partial charge on any atom is -0.391 e. The molecule has 0 saturated heterocycles. The third-order valence-electron chi connectivity index (χ3n) is 8.22. The van der Waals surface area contributed by atoms with Crippen molar-refractivity contribution in [3.05, 3.63) is 12.2 Å². The molecule has 0 aliphatic rings. The molecule has 7 heteroatoms. The van der Waals surface area contributed by atoms with Crippen LogP contribution in [0.5, 0.6) is 0 Å². The maximum absolute atomic E-state index is 12.4. The van der Waals surface area contributed by atoms with Gasteiger partial charge < -0.3 is 10.4 Å². The molecular formula is C35H69NO5S. The van der Waals surface area contributed by atoms with Crippen molar-refractivity contribution in [2.45, 2.75) is 199 Å². The zero-order chi connectivity index (χ0) is 31.2. The number of hydrogen-bond donors (Lipinski definition) is 3. The van der Waals surface area contributed by atoms with Crippen molar-refractivity contribution in [3.8, 4) is 0 Å². The molecule has 0 bridgehead atoms. The summed E-state index contributed by atoms with van der Waals surface area (Å²) in [7, 11) is -4.30. The minimum atomic E-state index is -4.30. The predicted molar refractivity (Wildman–Crippen MR) is 180 cm³/mol. The van der Waals surface area contributed by atoms with Crippen molar-refractivity contribution in [1.29, 1.82) is 0 Å². The molecule has 2 unspecified atom stereocenters. The Hall–Kier alpha value is -0.920. The second kappa shape index (κ2) is 30.1. The first-order valence-corrected chi connectivity index (χ1v) is 19.5. The third-order valence-corrected chi connectivity index (χ3v) is 9.00. The SMILES string of the molecule is CCCCC/C=C\CCCCCCCC(=O)NC(CS(=O)(=O)O)C(O)CCCCCCCCCCCCCCCCC. The molecule has 0 aliphatic heterocycles. The number of aliphatic hydroxyl groups is 1. The van der Waals surface area contributed by atoms with Gasteiger partial charge in [-0.15, -0.1) is 0 Å². The van der Waals surface area contributed by atoms with Gasteiger partial charge >= 0.3 is 0 Å². The van der Waals surface area contributed by atoms with Gasteiger partial charge in [-0.2, -0.15) is 8.42 Å². The smallest absolute Gasteiger partial charge is 0.266 e. The molecule has 3 N–H and O–H groups in total. The van der Waals surface area contributed by atoms with Gasteiger partial charge in [-0.05, 0) is 38.5 Å². The standard InChI is InChI=1S/C35H69NO5S/c1-3-5-7-9-11-13-15-17-18-19-20-22-24-26-28-30-34(37)33(32-42(39,40)41)36-35(38)31-29-27-25-23-21-16-14-12-10-8-6-4-2/h12,14,33-34,37H,3-11,13,15-32H2,1-2H3,(H,36,38)(H,39,40,41)/b14-12-. The molecular weight excluding hydrogens is 546 g/mol. The monoisotopic (exact) mass is 615 g/mol. The zero-order valence-electron chi connectivity index (χ0n) is 27.6. The Morgan fingerprint density at radius 1 is 0.619 bits per heavy atom. The molecule has 0 aromatic rings. The van der Waals surface area contributed by atoms with Gasteiger partial charge in [0.2, 0.25) is 5.91 Å². The summed E-state index contributed by atoms with van der Waals surface area (Å²) in [5.41, 5.74) is 0.